The topological polar surface area (TPSA) is 50.4 Å². The van der Waals surface area contributed by atoms with E-state index in [-0.39, 0.29) is 5.41 Å². The SMILES string of the molecule is CC(C)CC1(C(=Nc2ccccc2)NN)CCCC1. The number of rotatable bonds is 4. The van der Waals surface area contributed by atoms with Crippen molar-refractivity contribution < 1.29 is 0 Å². The molecule has 2 rings (SSSR count). The molecular formula is C16H25N3. The molecular weight excluding hydrogens is 234 g/mol. The molecule has 3 N–H and O–H groups in total. The van der Waals surface area contributed by atoms with Gasteiger partial charge in [-0.3, -0.25) is 0 Å². The average molecular weight is 259 g/mol. The number of aliphatic imine (C=N–C) groups is 1. The molecule has 1 aromatic rings. The summed E-state index contributed by atoms with van der Waals surface area (Å²) >= 11 is 0. The van der Waals surface area contributed by atoms with Gasteiger partial charge in [-0.05, 0) is 37.3 Å². The maximum absolute atomic E-state index is 5.78. The van der Waals surface area contributed by atoms with Crippen molar-refractivity contribution in [2.75, 3.05) is 0 Å². The monoisotopic (exact) mass is 259 g/mol. The van der Waals surface area contributed by atoms with E-state index in [1.807, 2.05) is 30.3 Å². The molecule has 0 atom stereocenters. The predicted molar refractivity (Wildman–Crippen MR) is 81.2 cm³/mol. The first-order valence-electron chi connectivity index (χ1n) is 7.27. The van der Waals surface area contributed by atoms with Gasteiger partial charge in [-0.25, -0.2) is 10.8 Å². The molecule has 104 valence electrons. The molecule has 3 heteroatoms. The van der Waals surface area contributed by atoms with Gasteiger partial charge in [-0.2, -0.15) is 0 Å². The van der Waals surface area contributed by atoms with E-state index in [1.54, 1.807) is 0 Å². The zero-order valence-corrected chi connectivity index (χ0v) is 12.0. The maximum atomic E-state index is 5.78. The second-order valence-electron chi connectivity index (χ2n) is 6.03. The Bertz CT molecular complexity index is 417. The van der Waals surface area contributed by atoms with Crippen LogP contribution in [0.5, 0.6) is 0 Å². The summed E-state index contributed by atoms with van der Waals surface area (Å²) in [5, 5.41) is 0. The summed E-state index contributed by atoms with van der Waals surface area (Å²) in [7, 11) is 0. The molecule has 0 amide bonds. The number of para-hydroxylation sites is 1. The van der Waals surface area contributed by atoms with Gasteiger partial charge in [0.15, 0.2) is 0 Å². The van der Waals surface area contributed by atoms with E-state index < -0.39 is 0 Å². The van der Waals surface area contributed by atoms with Crippen molar-refractivity contribution in [2.45, 2.75) is 46.0 Å². The summed E-state index contributed by atoms with van der Waals surface area (Å²) in [5.41, 5.74) is 4.02. The highest BCUT2D eigenvalue weighted by Crippen LogP contribution is 2.44. The number of hydrogen-bond donors (Lipinski definition) is 2. The second kappa shape index (κ2) is 6.20. The number of nitrogens with zero attached hydrogens (tertiary/aromatic N) is 1. The van der Waals surface area contributed by atoms with Crippen molar-refractivity contribution in [1.29, 1.82) is 0 Å². The molecule has 1 aliphatic rings. The van der Waals surface area contributed by atoms with Crippen molar-refractivity contribution in [3.63, 3.8) is 0 Å². The van der Waals surface area contributed by atoms with Crippen LogP contribution in [0.15, 0.2) is 35.3 Å². The Morgan fingerprint density at radius 3 is 2.42 bits per heavy atom. The standard InChI is InChI=1S/C16H25N3/c1-13(2)12-16(10-6-7-11-16)15(19-17)18-14-8-4-3-5-9-14/h3-5,8-9,13H,6-7,10-12,17H2,1-2H3,(H,18,19). The van der Waals surface area contributed by atoms with Crippen LogP contribution in [0.1, 0.15) is 46.0 Å². The van der Waals surface area contributed by atoms with Crippen LogP contribution in [0.25, 0.3) is 0 Å². The third-order valence-corrected chi connectivity index (χ3v) is 4.00. The lowest BCUT2D eigenvalue weighted by atomic mass is 9.77. The van der Waals surface area contributed by atoms with Crippen LogP contribution >= 0.6 is 0 Å². The lowest BCUT2D eigenvalue weighted by molar-refractivity contribution is 0.331. The Hall–Kier alpha value is -1.35. The van der Waals surface area contributed by atoms with Crippen LogP contribution in [-0.2, 0) is 0 Å². The molecule has 1 fully saturated rings. The van der Waals surface area contributed by atoms with Crippen molar-refractivity contribution in [1.82, 2.24) is 5.43 Å². The number of hydrogen-bond acceptors (Lipinski definition) is 2. The summed E-state index contributed by atoms with van der Waals surface area (Å²) in [6.07, 6.45) is 6.11. The van der Waals surface area contributed by atoms with Gasteiger partial charge < -0.3 is 5.43 Å². The van der Waals surface area contributed by atoms with Crippen molar-refractivity contribution in [3.05, 3.63) is 30.3 Å². The van der Waals surface area contributed by atoms with Gasteiger partial charge in [-0.1, -0.05) is 44.9 Å². The minimum absolute atomic E-state index is 0.152. The fraction of sp³-hybridized carbons (Fsp3) is 0.562. The minimum Gasteiger partial charge on any atom is -0.312 e. The fourth-order valence-corrected chi connectivity index (χ4v) is 3.31. The number of hydrazine groups is 1. The quantitative estimate of drug-likeness (QED) is 0.374. The number of benzene rings is 1. The lowest BCUT2D eigenvalue weighted by Crippen LogP contribution is -2.43. The highest BCUT2D eigenvalue weighted by atomic mass is 15.3. The predicted octanol–water partition coefficient (Wildman–Crippen LogP) is 3.79. The number of nitrogens with two attached hydrogens (primary N) is 1. The van der Waals surface area contributed by atoms with E-state index in [1.165, 1.54) is 25.7 Å². The van der Waals surface area contributed by atoms with E-state index in [0.717, 1.165) is 17.9 Å². The Balaban J connectivity index is 2.30. The maximum Gasteiger partial charge on any atom is 0.122 e. The Labute approximate surface area is 116 Å². The summed E-state index contributed by atoms with van der Waals surface area (Å²) in [6.45, 7) is 4.55. The molecule has 3 nitrogen and oxygen atoms in total. The summed E-state index contributed by atoms with van der Waals surface area (Å²) in [6, 6.07) is 10.1. The Kier molecular flexibility index (Phi) is 4.59. The van der Waals surface area contributed by atoms with E-state index in [9.17, 15) is 0 Å². The van der Waals surface area contributed by atoms with Gasteiger partial charge in [0, 0.05) is 5.41 Å². The van der Waals surface area contributed by atoms with E-state index in [4.69, 9.17) is 10.8 Å². The molecule has 0 unspecified atom stereocenters. The molecule has 1 aliphatic carbocycles. The van der Waals surface area contributed by atoms with Gasteiger partial charge in [0.05, 0.1) is 5.69 Å². The molecule has 0 spiro atoms. The fourth-order valence-electron chi connectivity index (χ4n) is 3.31. The summed E-state index contributed by atoms with van der Waals surface area (Å²) in [4.78, 5) is 4.76. The van der Waals surface area contributed by atoms with Crippen LogP contribution in [0.4, 0.5) is 5.69 Å². The first kappa shape index (κ1) is 14.1. The third-order valence-electron chi connectivity index (χ3n) is 4.00. The zero-order chi connectivity index (χ0) is 13.7. The molecule has 0 heterocycles. The van der Waals surface area contributed by atoms with Gasteiger partial charge in [0.2, 0.25) is 0 Å². The van der Waals surface area contributed by atoms with E-state index in [0.29, 0.717) is 5.92 Å². The van der Waals surface area contributed by atoms with Crippen molar-refractivity contribution >= 4 is 11.5 Å². The smallest absolute Gasteiger partial charge is 0.122 e. The Morgan fingerprint density at radius 1 is 1.26 bits per heavy atom. The van der Waals surface area contributed by atoms with Crippen molar-refractivity contribution in [2.24, 2.45) is 22.2 Å². The molecule has 0 radical (unpaired) electrons. The Morgan fingerprint density at radius 2 is 1.89 bits per heavy atom. The summed E-state index contributed by atoms with van der Waals surface area (Å²) < 4.78 is 0. The van der Waals surface area contributed by atoms with Crippen LogP contribution in [0.2, 0.25) is 0 Å². The molecule has 1 saturated carbocycles. The molecule has 0 bridgehead atoms. The van der Waals surface area contributed by atoms with E-state index in [2.05, 4.69) is 19.3 Å². The highest BCUT2D eigenvalue weighted by molar-refractivity contribution is 5.90. The van der Waals surface area contributed by atoms with Crippen LogP contribution in [0, 0.1) is 11.3 Å². The second-order valence-corrected chi connectivity index (χ2v) is 6.03. The van der Waals surface area contributed by atoms with Crippen LogP contribution < -0.4 is 11.3 Å². The summed E-state index contributed by atoms with van der Waals surface area (Å²) in [5.74, 6) is 7.40. The molecule has 0 aliphatic heterocycles. The largest absolute Gasteiger partial charge is 0.312 e. The normalized spacial score (nSPS) is 18.8. The van der Waals surface area contributed by atoms with Gasteiger partial charge in [-0.15, -0.1) is 0 Å². The lowest BCUT2D eigenvalue weighted by Gasteiger charge is -2.32. The van der Waals surface area contributed by atoms with Crippen LogP contribution in [0.3, 0.4) is 0 Å². The van der Waals surface area contributed by atoms with Gasteiger partial charge in [0.25, 0.3) is 0 Å². The number of nitrogens with one attached hydrogen (secondary N) is 1. The van der Waals surface area contributed by atoms with Gasteiger partial charge >= 0.3 is 0 Å². The van der Waals surface area contributed by atoms with E-state index >= 15 is 0 Å². The molecule has 0 aromatic heterocycles. The average Bonchev–Trinajstić information content (AvgIpc) is 2.85. The molecule has 19 heavy (non-hydrogen) atoms. The van der Waals surface area contributed by atoms with Gasteiger partial charge in [0.1, 0.15) is 5.84 Å². The number of amidine groups is 1. The third kappa shape index (κ3) is 3.35. The first-order valence-corrected chi connectivity index (χ1v) is 7.27. The minimum atomic E-state index is 0.152. The molecule has 1 aromatic carbocycles. The highest BCUT2D eigenvalue weighted by Gasteiger charge is 2.39. The van der Waals surface area contributed by atoms with Crippen molar-refractivity contribution in [3.8, 4) is 0 Å². The zero-order valence-electron chi connectivity index (χ0n) is 12.0. The first-order chi connectivity index (χ1) is 9.16. The van der Waals surface area contributed by atoms with Crippen LogP contribution in [-0.4, -0.2) is 5.84 Å². The molecule has 0 saturated heterocycles.